The number of aliphatic hydroxyl groups is 1. The van der Waals surface area contributed by atoms with Gasteiger partial charge in [-0.2, -0.15) is 0 Å². The molecule has 27 heavy (non-hydrogen) atoms. The van der Waals surface area contributed by atoms with Gasteiger partial charge in [-0.1, -0.05) is 12.1 Å². The number of hydrogen-bond donors (Lipinski definition) is 3. The summed E-state index contributed by atoms with van der Waals surface area (Å²) < 4.78 is 13.3. The van der Waals surface area contributed by atoms with Crippen molar-refractivity contribution in [1.29, 1.82) is 0 Å². The maximum absolute atomic E-state index is 13.3. The molecule has 6 heteroatoms. The zero-order valence-corrected chi connectivity index (χ0v) is 16.1. The first-order chi connectivity index (χ1) is 13.2. The van der Waals surface area contributed by atoms with Gasteiger partial charge in [0.2, 0.25) is 0 Å². The Morgan fingerprint density at radius 1 is 1.00 bits per heavy atom. The van der Waals surface area contributed by atoms with Gasteiger partial charge in [0, 0.05) is 45.2 Å². The maximum atomic E-state index is 13.3. The summed E-state index contributed by atoms with van der Waals surface area (Å²) in [5.74, 6) is 1.30. The molecule has 3 N–H and O–H groups in total. The number of hydrazine groups is 1. The van der Waals surface area contributed by atoms with E-state index in [2.05, 4.69) is 20.7 Å². The fraction of sp³-hybridized carbons (Fsp3) is 0.714. The summed E-state index contributed by atoms with van der Waals surface area (Å²) in [5.41, 5.74) is 7.80. The van der Waals surface area contributed by atoms with Gasteiger partial charge in [0.1, 0.15) is 5.82 Å². The highest BCUT2D eigenvalue weighted by Crippen LogP contribution is 2.29. The second-order valence-electron chi connectivity index (χ2n) is 8.69. The molecule has 3 fully saturated rings. The van der Waals surface area contributed by atoms with Crippen molar-refractivity contribution >= 4 is 0 Å². The van der Waals surface area contributed by atoms with E-state index in [1.807, 2.05) is 12.1 Å². The molecule has 0 radical (unpaired) electrons. The Hall–Kier alpha value is -1.05. The molecule has 3 heterocycles. The molecular formula is C21H33FN4O. The molecule has 3 aliphatic rings. The van der Waals surface area contributed by atoms with Crippen LogP contribution in [0.15, 0.2) is 24.3 Å². The molecule has 4 atom stereocenters. The second-order valence-corrected chi connectivity index (χ2v) is 8.69. The Kier molecular flexibility index (Phi) is 6.40. The van der Waals surface area contributed by atoms with Crippen LogP contribution in [0.5, 0.6) is 0 Å². The van der Waals surface area contributed by atoms with Crippen LogP contribution in [0.25, 0.3) is 0 Å². The minimum absolute atomic E-state index is 0.187. The maximum Gasteiger partial charge on any atom is 0.123 e. The van der Waals surface area contributed by atoms with E-state index < -0.39 is 0 Å². The zero-order chi connectivity index (χ0) is 18.6. The summed E-state index contributed by atoms with van der Waals surface area (Å²) in [7, 11) is 0. The molecule has 0 bridgehead atoms. The average Bonchev–Trinajstić information content (AvgIpc) is 3.34. The fourth-order valence-electron chi connectivity index (χ4n) is 5.23. The van der Waals surface area contributed by atoms with E-state index in [1.54, 1.807) is 12.1 Å². The molecule has 2 unspecified atom stereocenters. The van der Waals surface area contributed by atoms with Crippen molar-refractivity contribution < 1.29 is 9.50 Å². The third kappa shape index (κ3) is 4.87. The number of nitrogens with zero attached hydrogens (tertiary/aromatic N) is 2. The van der Waals surface area contributed by atoms with Crippen LogP contribution >= 0.6 is 0 Å². The van der Waals surface area contributed by atoms with E-state index in [4.69, 9.17) is 0 Å². The Morgan fingerprint density at radius 3 is 2.48 bits per heavy atom. The molecule has 0 amide bonds. The van der Waals surface area contributed by atoms with E-state index >= 15 is 0 Å². The van der Waals surface area contributed by atoms with Crippen molar-refractivity contribution in [3.05, 3.63) is 35.6 Å². The van der Waals surface area contributed by atoms with Gasteiger partial charge in [-0.25, -0.2) is 9.82 Å². The lowest BCUT2D eigenvalue weighted by molar-refractivity contribution is 0.0603. The number of piperidine rings is 1. The Bertz CT molecular complexity index is 592. The van der Waals surface area contributed by atoms with Crippen LogP contribution in [-0.2, 0) is 0 Å². The lowest BCUT2D eigenvalue weighted by atomic mass is 9.87. The highest BCUT2D eigenvalue weighted by Gasteiger charge is 2.34. The van der Waals surface area contributed by atoms with Crippen LogP contribution in [0.2, 0.25) is 0 Å². The third-order valence-electron chi connectivity index (χ3n) is 6.49. The first-order valence-corrected chi connectivity index (χ1v) is 10.5. The van der Waals surface area contributed by atoms with Crippen LogP contribution in [0.1, 0.15) is 30.9 Å². The summed E-state index contributed by atoms with van der Waals surface area (Å²) in [5, 5.41) is 9.80. The van der Waals surface area contributed by atoms with E-state index in [9.17, 15) is 9.50 Å². The van der Waals surface area contributed by atoms with E-state index in [1.165, 1.54) is 32.5 Å². The first-order valence-electron chi connectivity index (χ1n) is 10.5. The Morgan fingerprint density at radius 2 is 1.74 bits per heavy atom. The molecule has 0 spiro atoms. The van der Waals surface area contributed by atoms with Crippen molar-refractivity contribution in [2.24, 2.45) is 17.8 Å². The minimum Gasteiger partial charge on any atom is -0.396 e. The molecule has 0 saturated carbocycles. The van der Waals surface area contributed by atoms with Crippen molar-refractivity contribution in [2.45, 2.75) is 25.3 Å². The smallest absolute Gasteiger partial charge is 0.123 e. The van der Waals surface area contributed by atoms with Gasteiger partial charge in [-0.15, -0.1) is 0 Å². The van der Waals surface area contributed by atoms with Gasteiger partial charge in [0.15, 0.2) is 0 Å². The van der Waals surface area contributed by atoms with Crippen molar-refractivity contribution in [3.63, 3.8) is 0 Å². The molecule has 150 valence electrons. The van der Waals surface area contributed by atoms with Gasteiger partial charge in [-0.05, 0) is 61.9 Å². The SMILES string of the molecule is OC[C@@H]1C[C@@H](CN2CCCC2)CN(CC2CNNC2c2ccc(F)cc2)C1. The molecule has 3 aliphatic heterocycles. The van der Waals surface area contributed by atoms with Gasteiger partial charge in [0.25, 0.3) is 0 Å². The predicted octanol–water partition coefficient (Wildman–Crippen LogP) is 1.62. The van der Waals surface area contributed by atoms with E-state index in [-0.39, 0.29) is 18.5 Å². The molecule has 1 aromatic rings. The summed E-state index contributed by atoms with van der Waals surface area (Å²) in [6.45, 7) is 7.98. The third-order valence-corrected chi connectivity index (χ3v) is 6.49. The van der Waals surface area contributed by atoms with Crippen molar-refractivity contribution in [1.82, 2.24) is 20.7 Å². The molecule has 4 rings (SSSR count). The van der Waals surface area contributed by atoms with Gasteiger partial charge >= 0.3 is 0 Å². The summed E-state index contributed by atoms with van der Waals surface area (Å²) in [6.07, 6.45) is 3.81. The molecule has 5 nitrogen and oxygen atoms in total. The zero-order valence-electron chi connectivity index (χ0n) is 16.1. The number of nitrogens with one attached hydrogen (secondary N) is 2. The van der Waals surface area contributed by atoms with E-state index in [0.29, 0.717) is 17.8 Å². The van der Waals surface area contributed by atoms with Crippen LogP contribution < -0.4 is 10.9 Å². The van der Waals surface area contributed by atoms with Gasteiger partial charge in [-0.3, -0.25) is 5.43 Å². The Labute approximate surface area is 161 Å². The first kappa shape index (κ1) is 19.3. The topological polar surface area (TPSA) is 50.8 Å². The largest absolute Gasteiger partial charge is 0.396 e. The summed E-state index contributed by atoms with van der Waals surface area (Å²) >= 11 is 0. The summed E-state index contributed by atoms with van der Waals surface area (Å²) in [4.78, 5) is 5.16. The van der Waals surface area contributed by atoms with Crippen LogP contribution in [0.4, 0.5) is 4.39 Å². The molecule has 1 aromatic carbocycles. The molecular weight excluding hydrogens is 343 g/mol. The quantitative estimate of drug-likeness (QED) is 0.704. The monoisotopic (exact) mass is 376 g/mol. The molecule has 0 aromatic heterocycles. The Balaban J connectivity index is 1.38. The number of benzene rings is 1. The standard InChI is InChI=1S/C21H33FN4O/c22-20-5-3-18(4-6-20)21-19(10-23-24-21)14-26-12-16(9-17(13-26)15-27)11-25-7-1-2-8-25/h3-6,16-17,19,21,23-24,27H,1-2,7-15H2/t16-,17+,19?,21?/m0/s1. The minimum atomic E-state index is -0.187. The van der Waals surface area contributed by atoms with Crippen LogP contribution in [-0.4, -0.2) is 67.3 Å². The number of hydrogen-bond acceptors (Lipinski definition) is 5. The molecule has 0 aliphatic carbocycles. The van der Waals surface area contributed by atoms with Crippen molar-refractivity contribution in [2.75, 3.05) is 52.4 Å². The summed E-state index contributed by atoms with van der Waals surface area (Å²) in [6, 6.07) is 7.06. The number of halogens is 1. The normalized spacial score (nSPS) is 33.0. The number of likely N-dealkylation sites (tertiary alicyclic amines) is 2. The number of aliphatic hydroxyl groups excluding tert-OH is 1. The van der Waals surface area contributed by atoms with Gasteiger partial charge in [0.05, 0.1) is 6.04 Å². The van der Waals surface area contributed by atoms with Crippen LogP contribution in [0.3, 0.4) is 0 Å². The highest BCUT2D eigenvalue weighted by atomic mass is 19.1. The average molecular weight is 377 g/mol. The second kappa shape index (κ2) is 8.97. The van der Waals surface area contributed by atoms with Crippen molar-refractivity contribution in [3.8, 4) is 0 Å². The van der Waals surface area contributed by atoms with Crippen LogP contribution in [0, 0.1) is 23.6 Å². The molecule has 3 saturated heterocycles. The van der Waals surface area contributed by atoms with E-state index in [0.717, 1.165) is 38.2 Å². The van der Waals surface area contributed by atoms with Gasteiger partial charge < -0.3 is 14.9 Å². The lowest BCUT2D eigenvalue weighted by Gasteiger charge is -2.40. The highest BCUT2D eigenvalue weighted by molar-refractivity contribution is 5.21. The fourth-order valence-corrected chi connectivity index (χ4v) is 5.23. The number of rotatable bonds is 6. The lowest BCUT2D eigenvalue weighted by Crippen LogP contribution is -2.47. The predicted molar refractivity (Wildman–Crippen MR) is 105 cm³/mol.